The molecule has 2 aliphatic heterocycles. The Hall–Kier alpha value is -1.93. The minimum atomic E-state index is -0.413. The minimum absolute atomic E-state index is 0.0653. The average molecular weight is 364 g/mol. The molecule has 2 fully saturated rings. The molecule has 3 heterocycles. The molecule has 0 aromatic carbocycles. The van der Waals surface area contributed by atoms with Gasteiger partial charge in [0.1, 0.15) is 18.8 Å². The van der Waals surface area contributed by atoms with E-state index in [1.165, 1.54) is 0 Å². The van der Waals surface area contributed by atoms with Crippen LogP contribution in [-0.2, 0) is 14.2 Å². The van der Waals surface area contributed by atoms with Crippen molar-refractivity contribution in [2.45, 2.75) is 31.8 Å². The lowest BCUT2D eigenvalue weighted by Crippen LogP contribution is -2.47. The summed E-state index contributed by atoms with van der Waals surface area (Å²) in [5, 5.41) is 2.77. The number of alkyl carbamates (subject to hydrolysis) is 1. The maximum absolute atomic E-state index is 11.6. The summed E-state index contributed by atoms with van der Waals surface area (Å²) in [7, 11) is 1.57. The monoisotopic (exact) mass is 364 g/mol. The number of anilines is 1. The summed E-state index contributed by atoms with van der Waals surface area (Å²) >= 11 is 0. The summed E-state index contributed by atoms with van der Waals surface area (Å²) in [6.45, 7) is 3.91. The summed E-state index contributed by atoms with van der Waals surface area (Å²) < 4.78 is 15.9. The molecule has 1 aromatic rings. The van der Waals surface area contributed by atoms with Gasteiger partial charge in [-0.15, -0.1) is 0 Å². The van der Waals surface area contributed by atoms with E-state index in [2.05, 4.69) is 20.2 Å². The highest BCUT2D eigenvalue weighted by Gasteiger charge is 2.39. The van der Waals surface area contributed by atoms with Gasteiger partial charge in [0.05, 0.1) is 19.3 Å². The molecule has 0 saturated carbocycles. The molecule has 8 nitrogen and oxygen atoms in total. The van der Waals surface area contributed by atoms with Crippen molar-refractivity contribution < 1.29 is 19.0 Å². The second-order valence-electron chi connectivity index (χ2n) is 7.04. The van der Waals surface area contributed by atoms with Crippen molar-refractivity contribution in [1.29, 1.82) is 0 Å². The van der Waals surface area contributed by atoms with Gasteiger partial charge in [-0.3, -0.25) is 0 Å². The molecular formula is C18H28N4O4. The Labute approximate surface area is 154 Å². The molecule has 8 heteroatoms. The van der Waals surface area contributed by atoms with Gasteiger partial charge in [-0.25, -0.2) is 14.8 Å². The summed E-state index contributed by atoms with van der Waals surface area (Å²) in [6.07, 6.45) is 7.35. The van der Waals surface area contributed by atoms with Gasteiger partial charge in [-0.2, -0.15) is 0 Å². The van der Waals surface area contributed by atoms with Crippen LogP contribution in [0.5, 0.6) is 0 Å². The number of amides is 1. The average Bonchev–Trinajstić information content (AvgIpc) is 2.69. The van der Waals surface area contributed by atoms with Crippen molar-refractivity contribution in [3.63, 3.8) is 0 Å². The summed E-state index contributed by atoms with van der Waals surface area (Å²) in [6, 6.07) is 1.96. The van der Waals surface area contributed by atoms with E-state index >= 15 is 0 Å². The lowest BCUT2D eigenvalue weighted by Gasteiger charge is -2.46. The molecule has 0 radical (unpaired) electrons. The van der Waals surface area contributed by atoms with E-state index in [1.54, 1.807) is 19.6 Å². The van der Waals surface area contributed by atoms with Crippen molar-refractivity contribution in [2.24, 2.45) is 5.41 Å². The molecule has 0 aliphatic carbocycles. The smallest absolute Gasteiger partial charge is 0.407 e. The van der Waals surface area contributed by atoms with Crippen molar-refractivity contribution in [1.82, 2.24) is 15.3 Å². The van der Waals surface area contributed by atoms with Crippen LogP contribution in [0, 0.1) is 5.41 Å². The van der Waals surface area contributed by atoms with Crippen LogP contribution < -0.4 is 10.2 Å². The third-order valence-electron chi connectivity index (χ3n) is 5.33. The molecule has 2 aliphatic rings. The summed E-state index contributed by atoms with van der Waals surface area (Å²) in [5.74, 6) is 1.00. The van der Waals surface area contributed by atoms with Crippen LogP contribution in [0.1, 0.15) is 25.7 Å². The van der Waals surface area contributed by atoms with Crippen LogP contribution in [0.25, 0.3) is 0 Å². The molecule has 1 unspecified atom stereocenters. The van der Waals surface area contributed by atoms with E-state index in [1.807, 2.05) is 6.07 Å². The molecule has 1 atom stereocenters. The number of carbonyl (C=O) groups is 1. The number of carbonyl (C=O) groups excluding carboxylic acids is 1. The van der Waals surface area contributed by atoms with Gasteiger partial charge in [-0.05, 0) is 37.2 Å². The largest absolute Gasteiger partial charge is 0.447 e. The molecule has 144 valence electrons. The van der Waals surface area contributed by atoms with Crippen LogP contribution in [0.4, 0.5) is 10.6 Å². The first-order chi connectivity index (χ1) is 12.7. The van der Waals surface area contributed by atoms with Gasteiger partial charge in [0, 0.05) is 32.9 Å². The van der Waals surface area contributed by atoms with E-state index < -0.39 is 6.09 Å². The highest BCUT2D eigenvalue weighted by molar-refractivity contribution is 5.67. The molecule has 1 N–H and O–H groups in total. The second kappa shape index (κ2) is 9.14. The lowest BCUT2D eigenvalue weighted by molar-refractivity contribution is -0.0704. The highest BCUT2D eigenvalue weighted by atomic mass is 16.6. The fourth-order valence-electron chi connectivity index (χ4n) is 3.62. The predicted molar refractivity (Wildman–Crippen MR) is 96.1 cm³/mol. The van der Waals surface area contributed by atoms with Gasteiger partial charge in [0.25, 0.3) is 0 Å². The van der Waals surface area contributed by atoms with E-state index in [0.717, 1.165) is 51.2 Å². The first-order valence-corrected chi connectivity index (χ1v) is 9.23. The van der Waals surface area contributed by atoms with Gasteiger partial charge in [0.15, 0.2) is 0 Å². The molecule has 1 amide bonds. The predicted octanol–water partition coefficient (Wildman–Crippen LogP) is 1.61. The van der Waals surface area contributed by atoms with Crippen LogP contribution in [-0.4, -0.2) is 68.7 Å². The van der Waals surface area contributed by atoms with E-state index in [4.69, 9.17) is 14.2 Å². The Morgan fingerprint density at radius 3 is 2.88 bits per heavy atom. The normalized spacial score (nSPS) is 22.2. The fraction of sp³-hybridized carbons (Fsp3) is 0.722. The zero-order valence-electron chi connectivity index (χ0n) is 15.4. The van der Waals surface area contributed by atoms with E-state index in [0.29, 0.717) is 13.2 Å². The maximum atomic E-state index is 11.6. The number of nitrogens with zero attached hydrogens (tertiary/aromatic N) is 3. The zero-order valence-corrected chi connectivity index (χ0v) is 15.4. The highest BCUT2D eigenvalue weighted by Crippen LogP contribution is 2.41. The number of aromatic nitrogens is 2. The number of hydrogen-bond acceptors (Lipinski definition) is 7. The Bertz CT molecular complexity index is 554. The van der Waals surface area contributed by atoms with Crippen molar-refractivity contribution in [2.75, 3.05) is 51.5 Å². The molecule has 3 rings (SSSR count). The quantitative estimate of drug-likeness (QED) is 0.768. The molecule has 2 saturated heterocycles. The number of nitrogens with one attached hydrogen (secondary N) is 1. The maximum Gasteiger partial charge on any atom is 0.407 e. The van der Waals surface area contributed by atoms with Crippen LogP contribution in [0.15, 0.2) is 18.6 Å². The number of rotatable bonds is 6. The van der Waals surface area contributed by atoms with Gasteiger partial charge < -0.3 is 24.4 Å². The molecule has 26 heavy (non-hydrogen) atoms. The SMILES string of the molecule is COCCOC(=O)NCC1CCC2(CCN(c3ccncn3)CC2)CO1. The first kappa shape index (κ1) is 18.8. The number of methoxy groups -OCH3 is 1. The number of piperidine rings is 1. The second-order valence-corrected chi connectivity index (χ2v) is 7.04. The number of ether oxygens (including phenoxy) is 3. The number of hydrogen-bond donors (Lipinski definition) is 1. The third-order valence-corrected chi connectivity index (χ3v) is 5.33. The topological polar surface area (TPSA) is 85.8 Å². The summed E-state index contributed by atoms with van der Waals surface area (Å²) in [4.78, 5) is 22.2. The Morgan fingerprint density at radius 1 is 1.38 bits per heavy atom. The van der Waals surface area contributed by atoms with Crippen molar-refractivity contribution in [3.8, 4) is 0 Å². The minimum Gasteiger partial charge on any atom is -0.447 e. The van der Waals surface area contributed by atoms with Crippen molar-refractivity contribution >= 4 is 11.9 Å². The standard InChI is InChI=1S/C18H28N4O4/c1-24-10-11-25-17(23)20-12-15-2-4-18(13-26-15)5-8-22(9-6-18)16-3-7-19-14-21-16/h3,7,14-15H,2,4-6,8-13H2,1H3,(H,20,23). The molecular weight excluding hydrogens is 336 g/mol. The molecule has 0 bridgehead atoms. The molecule has 1 spiro atoms. The zero-order chi connectivity index (χ0) is 18.2. The van der Waals surface area contributed by atoms with Gasteiger partial charge in [-0.1, -0.05) is 0 Å². The van der Waals surface area contributed by atoms with Crippen LogP contribution >= 0.6 is 0 Å². The van der Waals surface area contributed by atoms with Crippen LogP contribution in [0.2, 0.25) is 0 Å². The van der Waals surface area contributed by atoms with E-state index in [-0.39, 0.29) is 18.1 Å². The lowest BCUT2D eigenvalue weighted by atomic mass is 9.73. The summed E-state index contributed by atoms with van der Waals surface area (Å²) in [5.41, 5.74) is 0.263. The van der Waals surface area contributed by atoms with Gasteiger partial charge in [0.2, 0.25) is 0 Å². The molecule has 1 aromatic heterocycles. The van der Waals surface area contributed by atoms with Crippen LogP contribution in [0.3, 0.4) is 0 Å². The fourth-order valence-corrected chi connectivity index (χ4v) is 3.62. The van der Waals surface area contributed by atoms with E-state index in [9.17, 15) is 4.79 Å². The third kappa shape index (κ3) is 5.04. The first-order valence-electron chi connectivity index (χ1n) is 9.23. The van der Waals surface area contributed by atoms with Gasteiger partial charge >= 0.3 is 6.09 Å². The van der Waals surface area contributed by atoms with Crippen molar-refractivity contribution in [3.05, 3.63) is 18.6 Å². The Balaban J connectivity index is 1.37. The Kier molecular flexibility index (Phi) is 6.62. The Morgan fingerprint density at radius 2 is 2.23 bits per heavy atom.